The van der Waals surface area contributed by atoms with Gasteiger partial charge in [0.1, 0.15) is 0 Å². The van der Waals surface area contributed by atoms with Gasteiger partial charge in [0.05, 0.1) is 5.25 Å². The van der Waals surface area contributed by atoms with Crippen LogP contribution in [0.3, 0.4) is 0 Å². The highest BCUT2D eigenvalue weighted by Gasteiger charge is 2.24. The van der Waals surface area contributed by atoms with E-state index in [4.69, 9.17) is 0 Å². The van der Waals surface area contributed by atoms with Gasteiger partial charge in [-0.3, -0.25) is 0 Å². The standard InChI is InChI=1S/C8H14N2O2S/c1-6(2)13(11,12)8-9-5-7(3)10(8)4/h5-6H,1-4H3. The van der Waals surface area contributed by atoms with Crippen molar-refractivity contribution >= 4 is 9.84 Å². The van der Waals surface area contributed by atoms with Gasteiger partial charge < -0.3 is 4.57 Å². The molecule has 1 aromatic heterocycles. The van der Waals surface area contributed by atoms with Crippen LogP contribution in [-0.4, -0.2) is 23.2 Å². The minimum absolute atomic E-state index is 0.153. The Labute approximate surface area is 78.5 Å². The molecule has 0 radical (unpaired) electrons. The van der Waals surface area contributed by atoms with Crippen molar-refractivity contribution in [2.75, 3.05) is 0 Å². The Morgan fingerprint density at radius 3 is 2.31 bits per heavy atom. The summed E-state index contributed by atoms with van der Waals surface area (Å²) in [7, 11) is -1.53. The van der Waals surface area contributed by atoms with Gasteiger partial charge >= 0.3 is 0 Å². The summed E-state index contributed by atoms with van der Waals surface area (Å²) >= 11 is 0. The number of aryl methyl sites for hydroxylation is 1. The fourth-order valence-electron chi connectivity index (χ4n) is 0.948. The van der Waals surface area contributed by atoms with E-state index in [1.165, 1.54) is 0 Å². The molecule has 0 bridgehead atoms. The summed E-state index contributed by atoms with van der Waals surface area (Å²) in [4.78, 5) is 3.88. The monoisotopic (exact) mass is 202 g/mol. The molecule has 0 saturated heterocycles. The number of hydrogen-bond acceptors (Lipinski definition) is 3. The van der Waals surface area contributed by atoms with E-state index in [2.05, 4.69) is 4.98 Å². The molecule has 0 aliphatic rings. The lowest BCUT2D eigenvalue weighted by molar-refractivity contribution is 0.569. The molecule has 0 atom stereocenters. The number of aromatic nitrogens is 2. The zero-order valence-electron chi connectivity index (χ0n) is 8.27. The fraction of sp³-hybridized carbons (Fsp3) is 0.625. The average Bonchev–Trinajstić information content (AvgIpc) is 2.33. The van der Waals surface area contributed by atoms with E-state index in [9.17, 15) is 8.42 Å². The Morgan fingerprint density at radius 2 is 2.00 bits per heavy atom. The molecule has 13 heavy (non-hydrogen) atoms. The van der Waals surface area contributed by atoms with Crippen molar-refractivity contribution in [3.05, 3.63) is 11.9 Å². The molecular weight excluding hydrogens is 188 g/mol. The lowest BCUT2D eigenvalue weighted by Crippen LogP contribution is -2.18. The number of rotatable bonds is 2. The first kappa shape index (κ1) is 10.2. The maximum Gasteiger partial charge on any atom is 0.227 e. The molecule has 0 amide bonds. The topological polar surface area (TPSA) is 52.0 Å². The summed E-state index contributed by atoms with van der Waals surface area (Å²) in [6, 6.07) is 0. The molecule has 0 aliphatic carbocycles. The van der Waals surface area contributed by atoms with E-state index in [1.807, 2.05) is 6.92 Å². The molecule has 5 heteroatoms. The van der Waals surface area contributed by atoms with Gasteiger partial charge in [-0.1, -0.05) is 0 Å². The molecule has 0 N–H and O–H groups in total. The second-order valence-corrected chi connectivity index (χ2v) is 5.73. The largest absolute Gasteiger partial charge is 0.322 e. The van der Waals surface area contributed by atoms with Crippen LogP contribution in [-0.2, 0) is 16.9 Å². The van der Waals surface area contributed by atoms with Crippen LogP contribution in [0.2, 0.25) is 0 Å². The van der Waals surface area contributed by atoms with E-state index in [-0.39, 0.29) is 5.16 Å². The van der Waals surface area contributed by atoms with E-state index >= 15 is 0 Å². The summed E-state index contributed by atoms with van der Waals surface area (Å²) in [5.41, 5.74) is 0.847. The smallest absolute Gasteiger partial charge is 0.227 e. The summed E-state index contributed by atoms with van der Waals surface area (Å²) < 4.78 is 25.0. The maximum atomic E-state index is 11.7. The van der Waals surface area contributed by atoms with Crippen molar-refractivity contribution < 1.29 is 8.42 Å². The number of sulfone groups is 1. The van der Waals surface area contributed by atoms with Gasteiger partial charge in [-0.05, 0) is 20.8 Å². The van der Waals surface area contributed by atoms with E-state index in [1.54, 1.807) is 31.7 Å². The first-order valence-electron chi connectivity index (χ1n) is 4.09. The van der Waals surface area contributed by atoms with Gasteiger partial charge in [0, 0.05) is 18.9 Å². The van der Waals surface area contributed by atoms with Crippen molar-refractivity contribution in [2.24, 2.45) is 7.05 Å². The van der Waals surface area contributed by atoms with Gasteiger partial charge in [-0.25, -0.2) is 13.4 Å². The van der Waals surface area contributed by atoms with Crippen molar-refractivity contribution in [3.63, 3.8) is 0 Å². The first-order chi connectivity index (χ1) is 5.87. The van der Waals surface area contributed by atoms with Crippen LogP contribution in [0, 0.1) is 6.92 Å². The normalized spacial score (nSPS) is 12.4. The Balaban J connectivity index is 3.32. The third-order valence-electron chi connectivity index (χ3n) is 2.05. The SMILES string of the molecule is Cc1cnc(S(=O)(=O)C(C)C)n1C. The molecule has 0 saturated carbocycles. The van der Waals surface area contributed by atoms with Crippen molar-refractivity contribution in [2.45, 2.75) is 31.2 Å². The number of imidazole rings is 1. The van der Waals surface area contributed by atoms with Gasteiger partial charge in [-0.2, -0.15) is 0 Å². The van der Waals surface area contributed by atoms with Crippen LogP contribution in [0.25, 0.3) is 0 Å². The second-order valence-electron chi connectivity index (χ2n) is 3.33. The molecule has 0 unspecified atom stereocenters. The Kier molecular flexibility index (Phi) is 2.47. The summed E-state index contributed by atoms with van der Waals surface area (Å²) in [6.45, 7) is 5.13. The fourth-order valence-corrected chi connectivity index (χ4v) is 2.09. The zero-order valence-corrected chi connectivity index (χ0v) is 9.09. The molecule has 0 aromatic carbocycles. The van der Waals surface area contributed by atoms with Crippen molar-refractivity contribution in [1.29, 1.82) is 0 Å². The zero-order chi connectivity index (χ0) is 10.2. The molecule has 1 aromatic rings. The first-order valence-corrected chi connectivity index (χ1v) is 5.64. The third kappa shape index (κ3) is 1.60. The summed E-state index contributed by atoms with van der Waals surface area (Å²) in [6.07, 6.45) is 1.56. The van der Waals surface area contributed by atoms with Crippen LogP contribution in [0.5, 0.6) is 0 Å². The Bertz CT molecular complexity index is 404. The van der Waals surface area contributed by atoms with Crippen LogP contribution in [0.4, 0.5) is 0 Å². The minimum Gasteiger partial charge on any atom is -0.322 e. The molecule has 4 nitrogen and oxygen atoms in total. The summed E-state index contributed by atoms with van der Waals surface area (Å²) in [5.74, 6) is 0. The summed E-state index contributed by atoms with van der Waals surface area (Å²) in [5, 5.41) is -0.270. The minimum atomic E-state index is -3.23. The molecule has 1 rings (SSSR count). The molecule has 0 fully saturated rings. The van der Waals surface area contributed by atoms with Gasteiger partial charge in [-0.15, -0.1) is 0 Å². The molecular formula is C8H14N2O2S. The predicted octanol–water partition coefficient (Wildman–Crippen LogP) is 0.911. The number of nitrogens with zero attached hydrogens (tertiary/aromatic N) is 2. The van der Waals surface area contributed by atoms with Crippen LogP contribution < -0.4 is 0 Å². The molecule has 1 heterocycles. The lowest BCUT2D eigenvalue weighted by Gasteiger charge is -2.07. The van der Waals surface area contributed by atoms with Crippen molar-refractivity contribution in [3.8, 4) is 0 Å². The van der Waals surface area contributed by atoms with Gasteiger partial charge in [0.15, 0.2) is 0 Å². The predicted molar refractivity (Wildman–Crippen MR) is 50.3 cm³/mol. The van der Waals surface area contributed by atoms with Crippen LogP contribution >= 0.6 is 0 Å². The molecule has 0 aliphatic heterocycles. The van der Waals surface area contributed by atoms with Gasteiger partial charge in [0.25, 0.3) is 0 Å². The average molecular weight is 202 g/mol. The Hall–Kier alpha value is -0.840. The lowest BCUT2D eigenvalue weighted by atomic mass is 10.5. The van der Waals surface area contributed by atoms with E-state index in [0.29, 0.717) is 0 Å². The quantitative estimate of drug-likeness (QED) is 0.716. The molecule has 0 spiro atoms. The Morgan fingerprint density at radius 1 is 1.46 bits per heavy atom. The highest BCUT2D eigenvalue weighted by Crippen LogP contribution is 2.14. The highest BCUT2D eigenvalue weighted by atomic mass is 32.2. The van der Waals surface area contributed by atoms with E-state index in [0.717, 1.165) is 5.69 Å². The van der Waals surface area contributed by atoms with E-state index < -0.39 is 15.1 Å². The highest BCUT2D eigenvalue weighted by molar-refractivity contribution is 7.91. The van der Waals surface area contributed by atoms with Crippen LogP contribution in [0.1, 0.15) is 19.5 Å². The molecule has 74 valence electrons. The van der Waals surface area contributed by atoms with Crippen LogP contribution in [0.15, 0.2) is 11.4 Å². The maximum absolute atomic E-state index is 11.7. The number of hydrogen-bond donors (Lipinski definition) is 0. The third-order valence-corrected chi connectivity index (χ3v) is 4.18. The second kappa shape index (κ2) is 3.14. The van der Waals surface area contributed by atoms with Gasteiger partial charge in [0.2, 0.25) is 15.0 Å². The van der Waals surface area contributed by atoms with Crippen molar-refractivity contribution in [1.82, 2.24) is 9.55 Å².